The molecule has 1 heteroatoms. The molecule has 0 bridgehead atoms. The van der Waals surface area contributed by atoms with Crippen molar-refractivity contribution in [3.63, 3.8) is 0 Å². The van der Waals surface area contributed by atoms with Gasteiger partial charge in [-0.2, -0.15) is 0 Å². The third kappa shape index (κ3) is 3.66. The second kappa shape index (κ2) is 8.42. The molecule has 1 nitrogen and oxygen atoms in total. The Labute approximate surface area is 186 Å². The van der Waals surface area contributed by atoms with E-state index in [1.165, 1.54) is 44.9 Å². The third-order valence-electron chi connectivity index (χ3n) is 10.8. The first-order valence-corrected chi connectivity index (χ1v) is 13.3. The number of aliphatic hydroxyl groups is 1. The summed E-state index contributed by atoms with van der Waals surface area (Å²) in [7, 11) is 0. The van der Waals surface area contributed by atoms with Gasteiger partial charge in [0.25, 0.3) is 0 Å². The maximum absolute atomic E-state index is 10.2. The molecular formula is C29H48O. The number of aliphatic hydroxyl groups excluding tert-OH is 1. The summed E-state index contributed by atoms with van der Waals surface area (Å²) in [5, 5.41) is 10.2. The van der Waals surface area contributed by atoms with E-state index in [4.69, 9.17) is 0 Å². The maximum Gasteiger partial charge on any atom is 0.0577 e. The Kier molecular flexibility index (Phi) is 6.35. The molecule has 0 heterocycles. The Morgan fingerprint density at radius 3 is 2.50 bits per heavy atom. The first-order chi connectivity index (χ1) is 14.2. The van der Waals surface area contributed by atoms with Gasteiger partial charge in [-0.05, 0) is 110 Å². The third-order valence-corrected chi connectivity index (χ3v) is 10.8. The van der Waals surface area contributed by atoms with E-state index in [2.05, 4.69) is 59.8 Å². The van der Waals surface area contributed by atoms with Gasteiger partial charge in [-0.15, -0.1) is 0 Å². The molecule has 0 aromatic rings. The van der Waals surface area contributed by atoms with Crippen molar-refractivity contribution in [1.82, 2.24) is 0 Å². The van der Waals surface area contributed by atoms with Crippen LogP contribution < -0.4 is 0 Å². The highest BCUT2D eigenvalue weighted by atomic mass is 16.3. The van der Waals surface area contributed by atoms with E-state index in [9.17, 15) is 5.11 Å². The van der Waals surface area contributed by atoms with E-state index >= 15 is 0 Å². The fraction of sp³-hybridized carbons (Fsp3) is 0.862. The largest absolute Gasteiger partial charge is 0.393 e. The SMILES string of the molecule is CCC(/C=C/C(C)[C@H]1CCC2C3CC=C4C[C@@H](O)CC[C@]4(C)C3CC[C@@]21C)C(C)C. The van der Waals surface area contributed by atoms with Gasteiger partial charge in [-0.1, -0.05) is 65.3 Å². The minimum atomic E-state index is -0.0870. The summed E-state index contributed by atoms with van der Waals surface area (Å²) >= 11 is 0. The predicted molar refractivity (Wildman–Crippen MR) is 128 cm³/mol. The lowest BCUT2D eigenvalue weighted by molar-refractivity contribution is -0.0540. The van der Waals surface area contributed by atoms with E-state index in [-0.39, 0.29) is 6.10 Å². The quantitative estimate of drug-likeness (QED) is 0.457. The van der Waals surface area contributed by atoms with Crippen molar-refractivity contribution in [1.29, 1.82) is 0 Å². The number of allylic oxidation sites excluding steroid dienone is 3. The molecule has 4 rings (SSSR count). The average molecular weight is 413 g/mol. The van der Waals surface area contributed by atoms with Crippen LogP contribution in [0.5, 0.6) is 0 Å². The van der Waals surface area contributed by atoms with Crippen LogP contribution in [0.2, 0.25) is 0 Å². The van der Waals surface area contributed by atoms with Gasteiger partial charge in [0.1, 0.15) is 0 Å². The number of hydrogen-bond donors (Lipinski definition) is 1. The predicted octanol–water partition coefficient (Wildman–Crippen LogP) is 7.80. The highest BCUT2D eigenvalue weighted by Crippen LogP contribution is 2.67. The standard InChI is InChI=1S/C29H48O/c1-7-21(19(2)3)9-8-20(4)25-12-13-26-24-11-10-22-18-23(30)14-16-28(22,5)27(24)15-17-29(25,26)6/h8-10,19-21,23-27,30H,7,11-18H2,1-6H3/b9-8+/t20?,21?,23-,24?,25+,26?,27?,28-,29+/m0/s1. The second-order valence-corrected chi connectivity index (χ2v) is 12.4. The molecule has 0 aromatic carbocycles. The Bertz CT molecular complexity index is 674. The molecule has 0 saturated heterocycles. The first-order valence-electron chi connectivity index (χ1n) is 13.3. The van der Waals surface area contributed by atoms with E-state index < -0.39 is 0 Å². The molecular weight excluding hydrogens is 364 g/mol. The minimum absolute atomic E-state index is 0.0870. The number of hydrogen-bond acceptors (Lipinski definition) is 1. The molecule has 0 radical (unpaired) electrons. The van der Waals surface area contributed by atoms with Crippen molar-refractivity contribution in [3.8, 4) is 0 Å². The topological polar surface area (TPSA) is 20.2 Å². The lowest BCUT2D eigenvalue weighted by atomic mass is 9.47. The summed E-state index contributed by atoms with van der Waals surface area (Å²) in [5.41, 5.74) is 2.51. The number of rotatable bonds is 5. The summed E-state index contributed by atoms with van der Waals surface area (Å²) in [6.45, 7) is 14.8. The van der Waals surface area contributed by atoms with Gasteiger partial charge < -0.3 is 5.11 Å². The lowest BCUT2D eigenvalue weighted by Crippen LogP contribution is -2.50. The molecule has 0 aliphatic heterocycles. The zero-order chi connectivity index (χ0) is 21.7. The van der Waals surface area contributed by atoms with Gasteiger partial charge in [-0.3, -0.25) is 0 Å². The zero-order valence-corrected chi connectivity index (χ0v) is 20.7. The summed E-state index contributed by atoms with van der Waals surface area (Å²) < 4.78 is 0. The van der Waals surface area contributed by atoms with Crippen molar-refractivity contribution >= 4 is 0 Å². The molecule has 170 valence electrons. The molecule has 3 fully saturated rings. The molecule has 4 aliphatic rings. The van der Waals surface area contributed by atoms with Crippen LogP contribution in [0.4, 0.5) is 0 Å². The van der Waals surface area contributed by atoms with Crippen LogP contribution in [0.1, 0.15) is 99.3 Å². The Morgan fingerprint density at radius 1 is 1.03 bits per heavy atom. The molecule has 0 amide bonds. The van der Waals surface area contributed by atoms with Gasteiger partial charge in [0, 0.05) is 0 Å². The molecule has 0 aromatic heterocycles. The average Bonchev–Trinajstić information content (AvgIpc) is 3.06. The summed E-state index contributed by atoms with van der Waals surface area (Å²) in [5.74, 6) is 5.70. The molecule has 5 unspecified atom stereocenters. The smallest absolute Gasteiger partial charge is 0.0577 e. The van der Waals surface area contributed by atoms with E-state index in [0.717, 1.165) is 48.3 Å². The van der Waals surface area contributed by atoms with E-state index in [1.807, 2.05) is 0 Å². The zero-order valence-electron chi connectivity index (χ0n) is 20.7. The van der Waals surface area contributed by atoms with Crippen molar-refractivity contribution < 1.29 is 5.11 Å². The van der Waals surface area contributed by atoms with Crippen LogP contribution >= 0.6 is 0 Å². The minimum Gasteiger partial charge on any atom is -0.393 e. The highest BCUT2D eigenvalue weighted by Gasteiger charge is 2.58. The Morgan fingerprint density at radius 2 is 1.80 bits per heavy atom. The maximum atomic E-state index is 10.2. The monoisotopic (exact) mass is 412 g/mol. The summed E-state index contributed by atoms with van der Waals surface area (Å²) in [4.78, 5) is 0. The molecule has 0 spiro atoms. The van der Waals surface area contributed by atoms with Crippen molar-refractivity contribution in [2.24, 2.45) is 52.3 Å². The fourth-order valence-corrected chi connectivity index (χ4v) is 8.83. The van der Waals surface area contributed by atoms with Crippen LogP contribution in [0.15, 0.2) is 23.8 Å². The van der Waals surface area contributed by atoms with Crippen LogP contribution in [-0.2, 0) is 0 Å². The van der Waals surface area contributed by atoms with E-state index in [0.29, 0.717) is 16.7 Å². The lowest BCUT2D eigenvalue weighted by Gasteiger charge is -2.58. The molecule has 3 saturated carbocycles. The Balaban J connectivity index is 1.52. The van der Waals surface area contributed by atoms with Crippen molar-refractivity contribution in [3.05, 3.63) is 23.8 Å². The van der Waals surface area contributed by atoms with Crippen molar-refractivity contribution in [2.45, 2.75) is 105 Å². The Hall–Kier alpha value is -0.560. The van der Waals surface area contributed by atoms with Crippen LogP contribution in [0, 0.1) is 52.3 Å². The van der Waals surface area contributed by atoms with Crippen LogP contribution in [0.25, 0.3) is 0 Å². The summed E-state index contributed by atoms with van der Waals surface area (Å²) in [6.07, 6.45) is 19.1. The fourth-order valence-electron chi connectivity index (χ4n) is 8.83. The van der Waals surface area contributed by atoms with Crippen molar-refractivity contribution in [2.75, 3.05) is 0 Å². The molecule has 30 heavy (non-hydrogen) atoms. The van der Waals surface area contributed by atoms with Gasteiger partial charge in [0.2, 0.25) is 0 Å². The molecule has 9 atom stereocenters. The van der Waals surface area contributed by atoms with E-state index in [1.54, 1.807) is 5.57 Å². The van der Waals surface area contributed by atoms with Crippen LogP contribution in [-0.4, -0.2) is 11.2 Å². The normalized spacial score (nSPS) is 45.6. The second-order valence-electron chi connectivity index (χ2n) is 12.4. The number of fused-ring (bicyclic) bond motifs is 5. The van der Waals surface area contributed by atoms with Gasteiger partial charge in [-0.25, -0.2) is 0 Å². The van der Waals surface area contributed by atoms with Gasteiger partial charge >= 0.3 is 0 Å². The first kappa shape index (κ1) is 22.6. The van der Waals surface area contributed by atoms with Gasteiger partial charge in [0.15, 0.2) is 0 Å². The molecule has 1 N–H and O–H groups in total. The molecule has 4 aliphatic carbocycles. The van der Waals surface area contributed by atoms with Gasteiger partial charge in [0.05, 0.1) is 6.10 Å². The highest BCUT2D eigenvalue weighted by molar-refractivity contribution is 5.25. The van der Waals surface area contributed by atoms with Crippen LogP contribution in [0.3, 0.4) is 0 Å². The summed E-state index contributed by atoms with van der Waals surface area (Å²) in [6, 6.07) is 0.